The minimum Gasteiger partial charge on any atom is 0.316 e. The molecule has 0 radical (unpaired) electrons. The predicted molar refractivity (Wildman–Crippen MR) is 21.0 cm³/mol. The van der Waals surface area contributed by atoms with Gasteiger partial charge in [0.25, 0.3) is 0 Å². The minimum absolute atomic E-state index is 0. The first kappa shape index (κ1) is 16.2. The molecule has 0 atom stereocenters. The smallest absolute Gasteiger partial charge is 0.316 e. The van der Waals surface area contributed by atoms with Gasteiger partial charge in [0.15, 0.2) is 0 Å². The van der Waals surface area contributed by atoms with E-state index in [0.717, 1.165) is 0 Å². The van der Waals surface area contributed by atoms with E-state index in [1.807, 2.05) is 0 Å². The maximum absolute atomic E-state index is 6.00. The third-order valence-corrected chi connectivity index (χ3v) is 0. The van der Waals surface area contributed by atoms with Crippen molar-refractivity contribution < 1.29 is 10.5 Å². The van der Waals surface area contributed by atoms with Crippen molar-refractivity contribution in [1.29, 1.82) is 0 Å². The quantitative estimate of drug-likeness (QED) is 0.220. The summed E-state index contributed by atoms with van der Waals surface area (Å²) < 4.78 is 0. The van der Waals surface area contributed by atoms with Crippen LogP contribution in [0.25, 0.3) is 0 Å². The van der Waals surface area contributed by atoms with Gasteiger partial charge in [0.05, 0.1) is 0 Å². The predicted octanol–water partition coefficient (Wildman–Crippen LogP) is -1.55. The van der Waals surface area contributed by atoms with Crippen molar-refractivity contribution in [3.8, 4) is 0 Å². The summed E-state index contributed by atoms with van der Waals surface area (Å²) in [6.07, 6.45) is 0. The summed E-state index contributed by atoms with van der Waals surface area (Å²) in [5.74, 6) is 0. The Balaban J connectivity index is -0.00000000500. The molecule has 0 bridgehead atoms. The van der Waals surface area contributed by atoms with Gasteiger partial charge in [-0.25, -0.2) is 0 Å². The molecule has 0 aromatic heterocycles. The summed E-state index contributed by atoms with van der Waals surface area (Å²) in [5.41, 5.74) is 0. The van der Waals surface area contributed by atoms with Gasteiger partial charge in [0.1, 0.15) is 0 Å². The molecule has 4 heavy (non-hydrogen) atoms. The first-order chi connectivity index (χ1) is 1.00. The third-order valence-electron chi connectivity index (χ3n) is 0. The van der Waals surface area contributed by atoms with Gasteiger partial charge in [-0.1, -0.05) is 0 Å². The van der Waals surface area contributed by atoms with Crippen LogP contribution in [0.1, 0.15) is 0 Å². The fourth-order valence-electron chi connectivity index (χ4n) is 0. The molecule has 0 aliphatic rings. The van der Waals surface area contributed by atoms with Gasteiger partial charge in [-0.15, -0.1) is 0 Å². The molecule has 0 saturated carbocycles. The summed E-state index contributed by atoms with van der Waals surface area (Å²) in [5, 5.41) is 12.0. The number of hydrogen-bond donors (Lipinski definition) is 2. The Morgan fingerprint density at radius 1 is 1.00 bits per heavy atom. The standard InChI is InChI=1S/K.Mg.H2O2.3H/c;;1-2;;;/h;;1-2H;;;. The second-order valence-corrected chi connectivity index (χ2v) is 0. The molecule has 2 N–H and O–H groups in total. The number of rotatable bonds is 0. The minimum atomic E-state index is 0. The second kappa shape index (κ2) is 18.4. The van der Waals surface area contributed by atoms with Crippen LogP contribution in [0.5, 0.6) is 0 Å². The number of hydrogen-bond acceptors (Lipinski definition) is 2. The monoisotopic (exact) mass is 100.0 g/mol. The summed E-state index contributed by atoms with van der Waals surface area (Å²) in [7, 11) is 0. The van der Waals surface area contributed by atoms with Crippen LogP contribution in [0.2, 0.25) is 0 Å². The van der Waals surface area contributed by atoms with E-state index in [2.05, 4.69) is 0 Å². The zero-order valence-corrected chi connectivity index (χ0v) is 0.894. The maximum Gasteiger partial charge on any atom is 0.316 e. The molecule has 4 heteroatoms. The molecule has 0 fully saturated rings. The van der Waals surface area contributed by atoms with Gasteiger partial charge in [-0.2, -0.15) is 0 Å². The van der Waals surface area contributed by atoms with Gasteiger partial charge < -0.3 is 0 Å². The van der Waals surface area contributed by atoms with Crippen LogP contribution in [-0.2, 0) is 0 Å². The van der Waals surface area contributed by atoms with Gasteiger partial charge in [0, 0.05) is 0 Å². The molecular formula is H5KMgO2. The fraction of sp³-hybridized carbons (Fsp3) is 0. The molecule has 0 aromatic carbocycles. The molecule has 0 aliphatic carbocycles. The van der Waals surface area contributed by atoms with Crippen molar-refractivity contribution in [2.45, 2.75) is 0 Å². The van der Waals surface area contributed by atoms with Crippen LogP contribution >= 0.6 is 0 Å². The Labute approximate surface area is 83.1 Å². The zero-order chi connectivity index (χ0) is 2.00. The van der Waals surface area contributed by atoms with Crippen LogP contribution in [0.3, 0.4) is 0 Å². The van der Waals surface area contributed by atoms with Crippen LogP contribution in [-0.4, -0.2) is 85.0 Å². The summed E-state index contributed by atoms with van der Waals surface area (Å²) in [6.45, 7) is 0. The van der Waals surface area contributed by atoms with E-state index in [1.54, 1.807) is 0 Å². The first-order valence-electron chi connectivity index (χ1n) is 0.200. The normalized spacial score (nSPS) is 1.50. The molecule has 0 saturated heterocycles. The van der Waals surface area contributed by atoms with Crippen molar-refractivity contribution in [3.63, 3.8) is 0 Å². The molecule has 0 aliphatic heterocycles. The Kier molecular flexibility index (Phi) is 74.8. The molecule has 0 aromatic rings. The maximum atomic E-state index is 6.00. The first-order valence-corrected chi connectivity index (χ1v) is 0.200. The Hall–Kier alpha value is 2.32. The molecular weight excluding hydrogens is 95.4 g/mol. The molecule has 2 nitrogen and oxygen atoms in total. The van der Waals surface area contributed by atoms with E-state index in [9.17, 15) is 0 Å². The SMILES string of the molecule is OO.[KH].[MgH2]. The van der Waals surface area contributed by atoms with Gasteiger partial charge >= 0.3 is 74.4 Å². The summed E-state index contributed by atoms with van der Waals surface area (Å²) in [4.78, 5) is 0. The Bertz CT molecular complexity index is 6.00. The van der Waals surface area contributed by atoms with E-state index in [-0.39, 0.29) is 74.4 Å². The van der Waals surface area contributed by atoms with Crippen molar-refractivity contribution in [2.24, 2.45) is 0 Å². The molecule has 0 spiro atoms. The van der Waals surface area contributed by atoms with Gasteiger partial charge in [-0.3, -0.25) is 10.5 Å². The van der Waals surface area contributed by atoms with Crippen LogP contribution < -0.4 is 0 Å². The average molecular weight is 100 g/mol. The van der Waals surface area contributed by atoms with E-state index in [4.69, 9.17) is 10.5 Å². The van der Waals surface area contributed by atoms with Crippen molar-refractivity contribution in [1.82, 2.24) is 0 Å². The van der Waals surface area contributed by atoms with E-state index in [1.165, 1.54) is 0 Å². The largest absolute Gasteiger partial charge is 0.316 e. The Morgan fingerprint density at radius 2 is 1.00 bits per heavy atom. The zero-order valence-electron chi connectivity index (χ0n) is 0.894. The van der Waals surface area contributed by atoms with Crippen molar-refractivity contribution >= 4 is 74.4 Å². The third kappa shape index (κ3) is 8.85. The van der Waals surface area contributed by atoms with Crippen LogP contribution in [0, 0.1) is 0 Å². The van der Waals surface area contributed by atoms with Gasteiger partial charge in [0.2, 0.25) is 0 Å². The second-order valence-electron chi connectivity index (χ2n) is 0. The van der Waals surface area contributed by atoms with Crippen molar-refractivity contribution in [3.05, 3.63) is 0 Å². The topological polar surface area (TPSA) is 40.5 Å². The van der Waals surface area contributed by atoms with E-state index in [0.29, 0.717) is 0 Å². The van der Waals surface area contributed by atoms with Crippen LogP contribution in [0.4, 0.5) is 0 Å². The fourth-order valence-corrected chi connectivity index (χ4v) is 0. The van der Waals surface area contributed by atoms with Crippen molar-refractivity contribution in [2.75, 3.05) is 0 Å². The molecule has 0 amide bonds. The molecule has 0 rings (SSSR count). The van der Waals surface area contributed by atoms with Gasteiger partial charge in [-0.05, 0) is 0 Å². The summed E-state index contributed by atoms with van der Waals surface area (Å²) >= 11 is 0. The van der Waals surface area contributed by atoms with E-state index < -0.39 is 0 Å². The molecule has 20 valence electrons. The van der Waals surface area contributed by atoms with Crippen LogP contribution in [0.15, 0.2) is 0 Å². The molecule has 0 heterocycles. The summed E-state index contributed by atoms with van der Waals surface area (Å²) in [6, 6.07) is 0. The van der Waals surface area contributed by atoms with E-state index >= 15 is 0 Å². The average Bonchev–Trinajstić information content (AvgIpc) is 1.00. The Morgan fingerprint density at radius 3 is 1.00 bits per heavy atom. The molecule has 0 unspecified atom stereocenters.